The van der Waals surface area contributed by atoms with Gasteiger partial charge in [0.05, 0.1) is 5.69 Å². The van der Waals surface area contributed by atoms with Gasteiger partial charge in [0.25, 0.3) is 0 Å². The van der Waals surface area contributed by atoms with Crippen LogP contribution in [0.5, 0.6) is 0 Å². The summed E-state index contributed by atoms with van der Waals surface area (Å²) in [5, 5.41) is 5.84. The molecule has 20 heavy (non-hydrogen) atoms. The van der Waals surface area contributed by atoms with Crippen LogP contribution in [-0.2, 0) is 7.05 Å². The Morgan fingerprint density at radius 3 is 2.10 bits per heavy atom. The summed E-state index contributed by atoms with van der Waals surface area (Å²) in [5.74, 6) is 5.36. The smallest absolute Gasteiger partial charge is 0.207 e. The molecule has 1 aromatic heterocycles. The zero-order valence-electron chi connectivity index (χ0n) is 11.2. The second-order valence-corrected chi connectivity index (χ2v) is 5.37. The normalized spacial score (nSPS) is 11.8. The first kappa shape index (κ1) is 12.7. The van der Waals surface area contributed by atoms with Crippen molar-refractivity contribution in [2.24, 2.45) is 18.0 Å². The van der Waals surface area contributed by atoms with E-state index in [4.69, 9.17) is 5.84 Å². The number of rotatable bonds is 2. The molecule has 3 nitrogen and oxygen atoms in total. The lowest BCUT2D eigenvalue weighted by molar-refractivity contribution is 0.863. The van der Waals surface area contributed by atoms with Gasteiger partial charge in [-0.2, -0.15) is 5.10 Å². The van der Waals surface area contributed by atoms with E-state index in [2.05, 4.69) is 59.0 Å². The average Bonchev–Trinajstić information content (AvgIpc) is 2.89. The molecule has 0 spiro atoms. The highest BCUT2D eigenvalue weighted by Crippen LogP contribution is 2.24. The Bertz CT molecular complexity index is 767. The van der Waals surface area contributed by atoms with E-state index < -0.39 is 0 Å². The quantitative estimate of drug-likeness (QED) is 0.569. The minimum absolute atomic E-state index is 0.812. The summed E-state index contributed by atoms with van der Waals surface area (Å²) in [6.07, 6.45) is 0. The molecule has 1 heterocycles. The molecule has 0 saturated carbocycles. The highest BCUT2D eigenvalue weighted by molar-refractivity contribution is 7.07. The van der Waals surface area contributed by atoms with Crippen LogP contribution < -0.4 is 10.6 Å². The van der Waals surface area contributed by atoms with Gasteiger partial charge in [-0.15, -0.1) is 11.3 Å². The lowest BCUT2D eigenvalue weighted by Crippen LogP contribution is -2.13. The van der Waals surface area contributed by atoms with Crippen LogP contribution in [0.2, 0.25) is 0 Å². The maximum Gasteiger partial charge on any atom is 0.207 e. The van der Waals surface area contributed by atoms with Gasteiger partial charge in [-0.25, -0.2) is 0 Å². The van der Waals surface area contributed by atoms with E-state index in [1.807, 2.05) is 17.7 Å². The van der Waals surface area contributed by atoms with Crippen LogP contribution >= 0.6 is 11.3 Å². The van der Waals surface area contributed by atoms with Crippen molar-refractivity contribution in [3.05, 3.63) is 64.8 Å². The van der Waals surface area contributed by atoms with Crippen LogP contribution in [0.1, 0.15) is 0 Å². The Hall–Kier alpha value is -2.33. The maximum atomic E-state index is 5.36. The van der Waals surface area contributed by atoms with Crippen molar-refractivity contribution < 1.29 is 0 Å². The van der Waals surface area contributed by atoms with Gasteiger partial charge in [0, 0.05) is 12.4 Å². The third kappa shape index (κ3) is 2.26. The van der Waals surface area contributed by atoms with Gasteiger partial charge in [-0.1, -0.05) is 54.6 Å². The summed E-state index contributed by atoms with van der Waals surface area (Å²) in [7, 11) is 1.97. The van der Waals surface area contributed by atoms with E-state index in [9.17, 15) is 0 Å². The van der Waals surface area contributed by atoms with Gasteiger partial charge in [-0.05, 0) is 16.7 Å². The molecule has 0 fully saturated rings. The number of nitrogens with zero attached hydrogens (tertiary/aromatic N) is 2. The molecule has 100 valence electrons. The number of aromatic nitrogens is 1. The summed E-state index contributed by atoms with van der Waals surface area (Å²) < 4.78 is 2.00. The Morgan fingerprint density at radius 2 is 1.50 bits per heavy atom. The third-order valence-corrected chi connectivity index (χ3v) is 4.25. The largest absolute Gasteiger partial charge is 0.320 e. The molecule has 0 bridgehead atoms. The highest BCUT2D eigenvalue weighted by Gasteiger charge is 2.05. The molecule has 0 radical (unpaired) electrons. The van der Waals surface area contributed by atoms with E-state index in [0.717, 1.165) is 10.5 Å². The summed E-state index contributed by atoms with van der Waals surface area (Å²) in [6, 6.07) is 18.9. The molecule has 4 heteroatoms. The van der Waals surface area contributed by atoms with Gasteiger partial charge in [0.15, 0.2) is 0 Å². The van der Waals surface area contributed by atoms with E-state index in [1.54, 1.807) is 11.3 Å². The molecule has 0 aliphatic carbocycles. The van der Waals surface area contributed by atoms with Crippen LogP contribution in [0.25, 0.3) is 22.4 Å². The predicted molar refractivity (Wildman–Crippen MR) is 83.9 cm³/mol. The zero-order valence-corrected chi connectivity index (χ0v) is 12.0. The number of thiazole rings is 1. The van der Waals surface area contributed by atoms with Crippen molar-refractivity contribution in [1.82, 2.24) is 4.57 Å². The number of hydrogen-bond acceptors (Lipinski definition) is 3. The second-order valence-electron chi connectivity index (χ2n) is 4.54. The molecule has 3 rings (SSSR count). The van der Waals surface area contributed by atoms with Crippen molar-refractivity contribution in [2.45, 2.75) is 0 Å². The summed E-state index contributed by atoms with van der Waals surface area (Å²) in [5.41, 5.74) is 4.74. The van der Waals surface area contributed by atoms with Gasteiger partial charge < -0.3 is 10.4 Å². The number of nitrogens with two attached hydrogens (primary N) is 1. The fourth-order valence-corrected chi connectivity index (χ4v) is 3.04. The Morgan fingerprint density at radius 1 is 0.900 bits per heavy atom. The molecule has 0 atom stereocenters. The lowest BCUT2D eigenvalue weighted by atomic mass is 10.0. The van der Waals surface area contributed by atoms with Gasteiger partial charge in [0.1, 0.15) is 0 Å². The first-order valence-corrected chi connectivity index (χ1v) is 7.22. The van der Waals surface area contributed by atoms with Crippen LogP contribution in [0.4, 0.5) is 0 Å². The van der Waals surface area contributed by atoms with E-state index in [1.165, 1.54) is 16.7 Å². The zero-order chi connectivity index (χ0) is 13.9. The second kappa shape index (κ2) is 5.35. The van der Waals surface area contributed by atoms with Crippen LogP contribution in [0.15, 0.2) is 65.1 Å². The SMILES string of the molecule is Cn1c(-c2ccc(-c3ccccc3)cc2)csc1=NN. The maximum absolute atomic E-state index is 5.36. The fourth-order valence-electron chi connectivity index (χ4n) is 2.21. The molecule has 0 saturated heterocycles. The molecule has 3 aromatic rings. The van der Waals surface area contributed by atoms with Crippen molar-refractivity contribution in [3.8, 4) is 22.4 Å². The molecular formula is C16H15N3S. The Kier molecular flexibility index (Phi) is 3.39. The minimum atomic E-state index is 0.812. The Balaban J connectivity index is 2.00. The summed E-state index contributed by atoms with van der Waals surface area (Å²) in [4.78, 5) is 0.812. The summed E-state index contributed by atoms with van der Waals surface area (Å²) in [6.45, 7) is 0. The molecule has 0 aliphatic heterocycles. The molecular weight excluding hydrogens is 266 g/mol. The highest BCUT2D eigenvalue weighted by atomic mass is 32.1. The van der Waals surface area contributed by atoms with Crippen molar-refractivity contribution in [3.63, 3.8) is 0 Å². The van der Waals surface area contributed by atoms with Crippen molar-refractivity contribution >= 4 is 11.3 Å². The number of benzene rings is 2. The first-order valence-electron chi connectivity index (χ1n) is 6.34. The predicted octanol–water partition coefficient (Wildman–Crippen LogP) is 3.20. The minimum Gasteiger partial charge on any atom is -0.320 e. The van der Waals surface area contributed by atoms with Crippen molar-refractivity contribution in [1.29, 1.82) is 0 Å². The Labute approximate surface area is 121 Å². The molecule has 2 aromatic carbocycles. The standard InChI is InChI=1S/C16H15N3S/c1-19-15(11-20-16(19)18-17)14-9-7-13(8-10-14)12-5-3-2-4-6-12/h2-11H,17H2,1H3. The molecule has 0 aliphatic rings. The van der Waals surface area contributed by atoms with Crippen molar-refractivity contribution in [2.75, 3.05) is 0 Å². The lowest BCUT2D eigenvalue weighted by Gasteiger charge is -2.05. The average molecular weight is 281 g/mol. The topological polar surface area (TPSA) is 43.3 Å². The molecule has 0 amide bonds. The fraction of sp³-hybridized carbons (Fsp3) is 0.0625. The van der Waals surface area contributed by atoms with Crippen LogP contribution in [0, 0.1) is 0 Å². The summed E-state index contributed by atoms with van der Waals surface area (Å²) >= 11 is 1.54. The van der Waals surface area contributed by atoms with Gasteiger partial charge in [-0.3, -0.25) is 0 Å². The molecule has 0 unspecified atom stereocenters. The van der Waals surface area contributed by atoms with E-state index in [-0.39, 0.29) is 0 Å². The van der Waals surface area contributed by atoms with Gasteiger partial charge in [0.2, 0.25) is 4.80 Å². The van der Waals surface area contributed by atoms with Gasteiger partial charge >= 0.3 is 0 Å². The van der Waals surface area contributed by atoms with E-state index >= 15 is 0 Å². The van der Waals surface area contributed by atoms with Crippen LogP contribution in [-0.4, -0.2) is 4.57 Å². The third-order valence-electron chi connectivity index (χ3n) is 3.32. The monoisotopic (exact) mass is 281 g/mol. The van der Waals surface area contributed by atoms with E-state index in [0.29, 0.717) is 0 Å². The molecule has 2 N–H and O–H groups in total. The number of hydrogen-bond donors (Lipinski definition) is 1. The first-order chi connectivity index (χ1) is 9.79. The van der Waals surface area contributed by atoms with Crippen LogP contribution in [0.3, 0.4) is 0 Å².